The van der Waals surface area contributed by atoms with Crippen molar-refractivity contribution in [2.75, 3.05) is 30.3 Å². The number of hydrogen-bond donors (Lipinski definition) is 3. The summed E-state index contributed by atoms with van der Waals surface area (Å²) in [5, 5.41) is 14.6. The van der Waals surface area contributed by atoms with Crippen molar-refractivity contribution in [1.29, 1.82) is 0 Å². The number of aromatic nitrogens is 3. The molecule has 0 amide bonds. The molecule has 7 heteroatoms. The van der Waals surface area contributed by atoms with Crippen LogP contribution in [0.2, 0.25) is 0 Å². The summed E-state index contributed by atoms with van der Waals surface area (Å²) in [6.07, 6.45) is -0.00225. The summed E-state index contributed by atoms with van der Waals surface area (Å²) in [5.41, 5.74) is 0. The number of hydrogen-bond acceptors (Lipinski definition) is 7. The van der Waals surface area contributed by atoms with E-state index in [9.17, 15) is 0 Å². The number of ether oxygens (including phenoxy) is 1. The number of nitrogens with one attached hydrogen (secondary N) is 2. The van der Waals surface area contributed by atoms with Crippen molar-refractivity contribution in [1.82, 2.24) is 15.0 Å². The molecule has 3 N–H and O–H groups in total. The van der Waals surface area contributed by atoms with Crippen LogP contribution in [0.3, 0.4) is 0 Å². The van der Waals surface area contributed by atoms with E-state index in [2.05, 4.69) is 25.6 Å². The maximum atomic E-state index is 8.73. The molecule has 0 atom stereocenters. The minimum absolute atomic E-state index is 0.00225. The number of nitrogens with zero attached hydrogens (tertiary/aromatic N) is 3. The lowest BCUT2D eigenvalue weighted by Crippen LogP contribution is -2.15. The molecule has 0 spiro atoms. The van der Waals surface area contributed by atoms with Crippen LogP contribution in [-0.2, 0) is 0 Å². The molecule has 0 aliphatic carbocycles. The van der Waals surface area contributed by atoms with Gasteiger partial charge in [0.2, 0.25) is 11.9 Å². The largest absolute Gasteiger partial charge is 0.461 e. The predicted molar refractivity (Wildman–Crippen MR) is 65.3 cm³/mol. The highest BCUT2D eigenvalue weighted by molar-refractivity contribution is 5.35. The number of anilines is 2. The second-order valence-electron chi connectivity index (χ2n) is 3.61. The van der Waals surface area contributed by atoms with Crippen molar-refractivity contribution in [3.8, 4) is 6.01 Å². The van der Waals surface area contributed by atoms with Crippen LogP contribution in [0, 0.1) is 0 Å². The van der Waals surface area contributed by atoms with E-state index in [1.807, 2.05) is 20.8 Å². The zero-order chi connectivity index (χ0) is 12.7. The lowest BCUT2D eigenvalue weighted by atomic mass is 10.5. The first kappa shape index (κ1) is 13.4. The van der Waals surface area contributed by atoms with E-state index in [0.29, 0.717) is 25.0 Å². The standard InChI is InChI=1S/C10H19N5O2/c1-4-11-8-13-9(12-5-6-16)15-10(14-8)17-7(2)3/h7,16H,4-6H2,1-3H3,(H2,11,12,13,14,15). The summed E-state index contributed by atoms with van der Waals surface area (Å²) < 4.78 is 5.42. The Balaban J connectivity index is 2.84. The van der Waals surface area contributed by atoms with Crippen molar-refractivity contribution in [2.24, 2.45) is 0 Å². The van der Waals surface area contributed by atoms with Crippen LogP contribution in [0.1, 0.15) is 20.8 Å². The van der Waals surface area contributed by atoms with Crippen molar-refractivity contribution >= 4 is 11.9 Å². The fourth-order valence-corrected chi connectivity index (χ4v) is 1.10. The van der Waals surface area contributed by atoms with Gasteiger partial charge in [0.1, 0.15) is 0 Å². The molecule has 1 rings (SSSR count). The van der Waals surface area contributed by atoms with Crippen LogP contribution < -0.4 is 15.4 Å². The Kier molecular flexibility index (Phi) is 5.41. The zero-order valence-corrected chi connectivity index (χ0v) is 10.4. The van der Waals surface area contributed by atoms with Crippen LogP contribution in [0.25, 0.3) is 0 Å². The molecule has 0 saturated carbocycles. The zero-order valence-electron chi connectivity index (χ0n) is 10.4. The topological polar surface area (TPSA) is 92.2 Å². The Labute approximate surface area is 101 Å². The first-order chi connectivity index (χ1) is 8.15. The Morgan fingerprint density at radius 1 is 1.18 bits per heavy atom. The molecule has 1 aromatic rings. The van der Waals surface area contributed by atoms with Gasteiger partial charge in [0.05, 0.1) is 12.7 Å². The van der Waals surface area contributed by atoms with Gasteiger partial charge < -0.3 is 20.5 Å². The molecular weight excluding hydrogens is 222 g/mol. The molecule has 0 aliphatic heterocycles. The molecule has 96 valence electrons. The highest BCUT2D eigenvalue weighted by Crippen LogP contribution is 2.12. The SMILES string of the molecule is CCNc1nc(NCCO)nc(OC(C)C)n1. The number of rotatable bonds is 7. The van der Waals surface area contributed by atoms with Gasteiger partial charge in [-0.3, -0.25) is 0 Å². The minimum Gasteiger partial charge on any atom is -0.461 e. The molecule has 0 radical (unpaired) electrons. The van der Waals surface area contributed by atoms with Crippen LogP contribution in [-0.4, -0.2) is 45.9 Å². The summed E-state index contributed by atoms with van der Waals surface area (Å²) in [7, 11) is 0. The normalized spacial score (nSPS) is 10.4. The third-order valence-electron chi connectivity index (χ3n) is 1.69. The van der Waals surface area contributed by atoms with E-state index < -0.39 is 0 Å². The maximum Gasteiger partial charge on any atom is 0.323 e. The lowest BCUT2D eigenvalue weighted by Gasteiger charge is -2.11. The Morgan fingerprint density at radius 2 is 1.82 bits per heavy atom. The van der Waals surface area contributed by atoms with Crippen molar-refractivity contribution in [3.05, 3.63) is 0 Å². The summed E-state index contributed by atoms with van der Waals surface area (Å²) in [5.74, 6) is 0.847. The fourth-order valence-electron chi connectivity index (χ4n) is 1.10. The summed E-state index contributed by atoms with van der Waals surface area (Å²) in [4.78, 5) is 12.3. The van der Waals surface area contributed by atoms with Gasteiger partial charge in [-0.1, -0.05) is 0 Å². The highest BCUT2D eigenvalue weighted by Gasteiger charge is 2.08. The van der Waals surface area contributed by atoms with Gasteiger partial charge in [-0.05, 0) is 20.8 Å². The van der Waals surface area contributed by atoms with Crippen molar-refractivity contribution in [3.63, 3.8) is 0 Å². The van der Waals surface area contributed by atoms with E-state index in [1.54, 1.807) is 0 Å². The smallest absolute Gasteiger partial charge is 0.323 e. The van der Waals surface area contributed by atoms with Gasteiger partial charge in [-0.2, -0.15) is 15.0 Å². The van der Waals surface area contributed by atoms with E-state index in [-0.39, 0.29) is 18.7 Å². The maximum absolute atomic E-state index is 8.73. The predicted octanol–water partition coefficient (Wildman–Crippen LogP) is 0.495. The number of aliphatic hydroxyl groups excluding tert-OH is 1. The van der Waals surface area contributed by atoms with Gasteiger partial charge in [0, 0.05) is 13.1 Å². The van der Waals surface area contributed by atoms with Crippen molar-refractivity contribution < 1.29 is 9.84 Å². The molecule has 17 heavy (non-hydrogen) atoms. The molecule has 0 fully saturated rings. The lowest BCUT2D eigenvalue weighted by molar-refractivity contribution is 0.222. The molecule has 7 nitrogen and oxygen atoms in total. The molecule has 0 saturated heterocycles. The highest BCUT2D eigenvalue weighted by atomic mass is 16.5. The first-order valence-electron chi connectivity index (χ1n) is 5.67. The summed E-state index contributed by atoms with van der Waals surface area (Å²) in [6.45, 7) is 6.87. The summed E-state index contributed by atoms with van der Waals surface area (Å²) >= 11 is 0. The van der Waals surface area contributed by atoms with Gasteiger partial charge in [0.25, 0.3) is 0 Å². The third-order valence-corrected chi connectivity index (χ3v) is 1.69. The molecule has 0 aromatic carbocycles. The Hall–Kier alpha value is -1.63. The minimum atomic E-state index is -0.00225. The Bertz CT molecular complexity index is 345. The van der Waals surface area contributed by atoms with Crippen molar-refractivity contribution in [2.45, 2.75) is 26.9 Å². The summed E-state index contributed by atoms with van der Waals surface area (Å²) in [6, 6.07) is 0.270. The third kappa shape index (κ3) is 4.81. The van der Waals surface area contributed by atoms with Crippen LogP contribution in [0.4, 0.5) is 11.9 Å². The molecule has 0 bridgehead atoms. The molecular formula is C10H19N5O2. The van der Waals surface area contributed by atoms with Crippen LogP contribution in [0.5, 0.6) is 6.01 Å². The van der Waals surface area contributed by atoms with Gasteiger partial charge in [0.15, 0.2) is 0 Å². The molecule has 1 aromatic heterocycles. The average Bonchev–Trinajstić information content (AvgIpc) is 2.25. The monoisotopic (exact) mass is 241 g/mol. The second-order valence-corrected chi connectivity index (χ2v) is 3.61. The number of aliphatic hydroxyl groups is 1. The Morgan fingerprint density at radius 3 is 2.35 bits per heavy atom. The molecule has 1 heterocycles. The molecule has 0 aliphatic rings. The molecule has 0 unspecified atom stereocenters. The van der Waals surface area contributed by atoms with E-state index >= 15 is 0 Å². The quantitative estimate of drug-likeness (QED) is 0.640. The van der Waals surface area contributed by atoms with E-state index in [0.717, 1.165) is 0 Å². The van der Waals surface area contributed by atoms with E-state index in [1.165, 1.54) is 0 Å². The van der Waals surface area contributed by atoms with Crippen LogP contribution >= 0.6 is 0 Å². The average molecular weight is 241 g/mol. The van der Waals surface area contributed by atoms with Gasteiger partial charge in [-0.15, -0.1) is 0 Å². The van der Waals surface area contributed by atoms with Gasteiger partial charge in [-0.25, -0.2) is 0 Å². The van der Waals surface area contributed by atoms with Gasteiger partial charge >= 0.3 is 6.01 Å². The fraction of sp³-hybridized carbons (Fsp3) is 0.700. The van der Waals surface area contributed by atoms with E-state index in [4.69, 9.17) is 9.84 Å². The second kappa shape index (κ2) is 6.85. The first-order valence-corrected chi connectivity index (χ1v) is 5.67. The van der Waals surface area contributed by atoms with Crippen LogP contribution in [0.15, 0.2) is 0 Å².